The van der Waals surface area contributed by atoms with Gasteiger partial charge < -0.3 is 19.5 Å². The van der Waals surface area contributed by atoms with Gasteiger partial charge in [0.15, 0.2) is 11.5 Å². The van der Waals surface area contributed by atoms with Crippen LogP contribution in [0.25, 0.3) is 0 Å². The molecule has 2 aliphatic carbocycles. The van der Waals surface area contributed by atoms with E-state index in [1.807, 2.05) is 0 Å². The monoisotopic (exact) mass is 307 g/mol. The Labute approximate surface area is 141 Å². The molecule has 5 atom stereocenters. The van der Waals surface area contributed by atoms with Gasteiger partial charge in [-0.2, -0.15) is 0 Å². The smallest absolute Gasteiger partial charge is 0.211 e. The van der Waals surface area contributed by atoms with Gasteiger partial charge in [-0.1, -0.05) is 18.2 Å². The highest BCUT2D eigenvalue weighted by molar-refractivity contribution is 5.62. The molecule has 0 amide bonds. The second kappa shape index (κ2) is 4.06. The molecule has 4 aliphatic rings. The SMILES string of the molecule is [2H]OC1([2H])C=C[C@@H]2[C@@]34CCN(C([2H])([2H])[2H])[C@]2([2H])Cc2c([2H])c([2H])c(OC)c(c23)OC14. The lowest BCUT2D eigenvalue weighted by Gasteiger charge is -2.56. The van der Waals surface area contributed by atoms with Gasteiger partial charge in [0, 0.05) is 28.4 Å². The van der Waals surface area contributed by atoms with Gasteiger partial charge in [0.25, 0.3) is 0 Å². The molecule has 1 saturated heterocycles. The summed E-state index contributed by atoms with van der Waals surface area (Å²) in [6.45, 7) is -2.46. The van der Waals surface area contributed by atoms with Gasteiger partial charge in [0.1, 0.15) is 12.2 Å². The van der Waals surface area contributed by atoms with Crippen LogP contribution in [-0.2, 0) is 11.8 Å². The van der Waals surface area contributed by atoms with Crippen molar-refractivity contribution >= 4 is 0 Å². The van der Waals surface area contributed by atoms with Crippen LogP contribution >= 0.6 is 0 Å². The van der Waals surface area contributed by atoms with Gasteiger partial charge in [0.05, 0.1) is 11.2 Å². The molecule has 1 spiro atoms. The normalized spacial score (nSPS) is 53.5. The standard InChI is InChI=1S/C18H21NO3/c1-19-8-7-18-11-4-5-13(20)17(18)22-16-14(21-2)6-3-10(15(16)18)9-12(11)19/h3-6,11-13,17,20H,7-9H2,1-2H3/t11-,12+,13?,17?,18-/m0/s1/i1D3,3D,6D,12D,13D,20D. The van der Waals surface area contributed by atoms with E-state index in [0.29, 0.717) is 11.1 Å². The molecule has 1 N–H and O–H groups in total. The number of nitrogens with zero attached hydrogens (tertiary/aromatic N) is 1. The number of aliphatic hydroxyl groups is 1. The van der Waals surface area contributed by atoms with Gasteiger partial charge in [-0.15, -0.1) is 0 Å². The minimum Gasteiger partial charge on any atom is -0.493 e. The van der Waals surface area contributed by atoms with Gasteiger partial charge in [0.2, 0.25) is 1.43 Å². The number of likely N-dealkylation sites (tertiary alicyclic amines) is 1. The highest BCUT2D eigenvalue weighted by atomic mass is 16.5. The molecule has 2 bridgehead atoms. The molecular weight excluding hydrogens is 278 g/mol. The molecule has 0 aromatic heterocycles. The van der Waals surface area contributed by atoms with Gasteiger partial charge in [-0.3, -0.25) is 0 Å². The number of benzene rings is 1. The lowest BCUT2D eigenvalue weighted by Crippen LogP contribution is -2.64. The first-order valence-electron chi connectivity index (χ1n) is 11.3. The maximum Gasteiger partial charge on any atom is 0.211 e. The molecule has 116 valence electrons. The summed E-state index contributed by atoms with van der Waals surface area (Å²) in [5, 5.41) is 4.77. The van der Waals surface area contributed by atoms with Crippen molar-refractivity contribution in [1.82, 2.24) is 4.90 Å². The zero-order valence-corrected chi connectivity index (χ0v) is 12.1. The fourth-order valence-electron chi connectivity index (χ4n) is 4.63. The Kier molecular flexibility index (Phi) is 1.36. The van der Waals surface area contributed by atoms with E-state index in [-0.39, 0.29) is 43.0 Å². The average Bonchev–Trinajstić information content (AvgIpc) is 3.00. The second-order valence-corrected chi connectivity index (χ2v) is 6.31. The Morgan fingerprint density at radius 1 is 1.59 bits per heavy atom. The largest absolute Gasteiger partial charge is 0.493 e. The highest BCUT2D eigenvalue weighted by Gasteiger charge is 2.64. The third-order valence-electron chi connectivity index (χ3n) is 5.51. The number of likely N-dealkylation sites (N-methyl/N-ethyl adjacent to an activating group) is 1. The molecule has 0 radical (unpaired) electrons. The Balaban J connectivity index is 1.87. The van der Waals surface area contributed by atoms with E-state index in [9.17, 15) is 1.37 Å². The van der Waals surface area contributed by atoms with Gasteiger partial charge >= 0.3 is 0 Å². The van der Waals surface area contributed by atoms with Crippen LogP contribution < -0.4 is 9.47 Å². The minimum absolute atomic E-state index is 0.0649. The first-order valence-corrected chi connectivity index (χ1v) is 7.44. The van der Waals surface area contributed by atoms with Crippen molar-refractivity contribution in [2.45, 2.75) is 36.5 Å². The van der Waals surface area contributed by atoms with Crippen molar-refractivity contribution in [2.75, 3.05) is 20.6 Å². The summed E-state index contributed by atoms with van der Waals surface area (Å²) in [5.41, 5.74) is -0.0524. The number of ether oxygens (including phenoxy) is 2. The summed E-state index contributed by atoms with van der Waals surface area (Å²) in [5.74, 6) is -0.346. The van der Waals surface area contributed by atoms with Crippen molar-refractivity contribution in [3.8, 4) is 11.5 Å². The van der Waals surface area contributed by atoms with E-state index in [2.05, 4.69) is 0 Å². The maximum absolute atomic E-state index is 9.31. The van der Waals surface area contributed by atoms with Crippen molar-refractivity contribution in [3.05, 3.63) is 35.4 Å². The van der Waals surface area contributed by atoms with Gasteiger partial charge in [-0.05, 0) is 38.0 Å². The number of methoxy groups -OCH3 is 1. The molecule has 22 heavy (non-hydrogen) atoms. The molecule has 1 aromatic rings. The Bertz CT molecular complexity index is 983. The zero-order valence-electron chi connectivity index (χ0n) is 20.1. The summed E-state index contributed by atoms with van der Waals surface area (Å²) in [6.07, 6.45) is 0.215. The summed E-state index contributed by atoms with van der Waals surface area (Å²) < 4.78 is 78.0. The highest BCUT2D eigenvalue weighted by Crippen LogP contribution is 2.62. The van der Waals surface area contributed by atoms with Crippen molar-refractivity contribution in [2.24, 2.45) is 5.92 Å². The molecule has 4 heteroatoms. The van der Waals surface area contributed by atoms with Crippen molar-refractivity contribution < 1.29 is 24.2 Å². The van der Waals surface area contributed by atoms with Crippen LogP contribution in [0.2, 0.25) is 0 Å². The summed E-state index contributed by atoms with van der Waals surface area (Å²) in [7, 11) is 1.37. The quantitative estimate of drug-likeness (QED) is 0.841. The Morgan fingerprint density at radius 2 is 2.55 bits per heavy atom. The number of hydrogen-bond donors (Lipinski definition) is 1. The van der Waals surface area contributed by atoms with Crippen LogP contribution in [0.1, 0.15) is 27.1 Å². The summed E-state index contributed by atoms with van der Waals surface area (Å²) in [4.78, 5) is 1.17. The van der Waals surface area contributed by atoms with Crippen LogP contribution in [0.3, 0.4) is 0 Å². The van der Waals surface area contributed by atoms with E-state index >= 15 is 0 Å². The zero-order chi connectivity index (χ0) is 21.9. The second-order valence-electron chi connectivity index (χ2n) is 6.31. The van der Waals surface area contributed by atoms with E-state index in [1.54, 1.807) is 6.08 Å². The van der Waals surface area contributed by atoms with Crippen molar-refractivity contribution in [3.63, 3.8) is 0 Å². The topological polar surface area (TPSA) is 41.9 Å². The predicted molar refractivity (Wildman–Crippen MR) is 82.5 cm³/mol. The van der Waals surface area contributed by atoms with Gasteiger partial charge in [-0.25, -0.2) is 0 Å². The first-order chi connectivity index (χ1) is 14.0. The molecule has 0 saturated carbocycles. The third kappa shape index (κ3) is 1.28. The first kappa shape index (κ1) is 7.37. The number of piperidine rings is 1. The molecule has 2 heterocycles. The molecule has 2 aliphatic heterocycles. The number of rotatable bonds is 2. The molecule has 4 nitrogen and oxygen atoms in total. The third-order valence-corrected chi connectivity index (χ3v) is 5.51. The maximum atomic E-state index is 9.31. The fourth-order valence-corrected chi connectivity index (χ4v) is 4.63. The fraction of sp³-hybridized carbons (Fsp3) is 0.556. The Morgan fingerprint density at radius 3 is 3.36 bits per heavy atom. The molecule has 1 fully saturated rings. The molecular formula is C18H21NO3. The summed E-state index contributed by atoms with van der Waals surface area (Å²) >= 11 is 0. The van der Waals surface area contributed by atoms with Crippen LogP contribution in [0.4, 0.5) is 0 Å². The Hall–Kier alpha value is -1.52. The van der Waals surface area contributed by atoms with Crippen LogP contribution in [-0.4, -0.2) is 50.3 Å². The van der Waals surface area contributed by atoms with Crippen LogP contribution in [0.5, 0.6) is 11.5 Å². The average molecular weight is 307 g/mol. The van der Waals surface area contributed by atoms with E-state index in [4.69, 9.17) is 24.2 Å². The predicted octanol–water partition coefficient (Wildman–Crippen LogP) is 1.50. The van der Waals surface area contributed by atoms with Crippen LogP contribution in [0, 0.1) is 5.92 Å². The molecule has 2 unspecified atom stereocenters. The minimum atomic E-state index is -2.52. The van der Waals surface area contributed by atoms with E-state index in [0.717, 1.165) is 0 Å². The number of hydrogen-bond acceptors (Lipinski definition) is 4. The lowest BCUT2D eigenvalue weighted by atomic mass is 9.53. The molecule has 5 rings (SSSR count). The summed E-state index contributed by atoms with van der Waals surface area (Å²) in [6, 6.07) is -1.97. The lowest BCUT2D eigenvalue weighted by molar-refractivity contribution is -0.0453. The van der Waals surface area contributed by atoms with Crippen molar-refractivity contribution in [1.29, 1.82) is 1.43 Å². The van der Waals surface area contributed by atoms with Crippen LogP contribution in [0.15, 0.2) is 24.2 Å². The molecule has 1 aromatic carbocycles. The van der Waals surface area contributed by atoms with E-state index in [1.165, 1.54) is 18.1 Å². The van der Waals surface area contributed by atoms with E-state index < -0.39 is 36.5 Å².